The van der Waals surface area contributed by atoms with Gasteiger partial charge < -0.3 is 4.74 Å². The Hall–Kier alpha value is -2.92. The summed E-state index contributed by atoms with van der Waals surface area (Å²) >= 11 is 3.43. The Morgan fingerprint density at radius 1 is 1.00 bits per heavy atom. The molecule has 0 aromatic heterocycles. The van der Waals surface area contributed by atoms with Crippen molar-refractivity contribution >= 4 is 28.1 Å². The minimum Gasteiger partial charge on any atom is -0.489 e. The van der Waals surface area contributed by atoms with Gasteiger partial charge in [-0.15, -0.1) is 0 Å². The molecule has 3 aromatic carbocycles. The molecule has 0 aliphatic heterocycles. The average molecular weight is 479 g/mol. The van der Waals surface area contributed by atoms with Crippen molar-refractivity contribution in [3.05, 3.63) is 99.5 Å². The lowest BCUT2D eigenvalue weighted by Gasteiger charge is -2.19. The fourth-order valence-electron chi connectivity index (χ4n) is 2.96. The fourth-order valence-corrected chi connectivity index (χ4v) is 3.22. The molecular weight excluding hydrogens is 452 g/mol. The van der Waals surface area contributed by atoms with E-state index in [1.54, 1.807) is 6.21 Å². The molecule has 3 rings (SSSR count). The number of halogens is 1. The van der Waals surface area contributed by atoms with E-state index < -0.39 is 0 Å². The number of amides is 1. The van der Waals surface area contributed by atoms with E-state index in [0.717, 1.165) is 26.9 Å². The van der Waals surface area contributed by atoms with Gasteiger partial charge in [0.05, 0.1) is 12.6 Å². The standard InChI is InChI=1S/C26H27BrN2O2/c1-26(2,3)22-11-7-19(8-12-22)16-25(30)29-28-17-21-5-4-6-24(15-21)31-18-20-9-13-23(27)14-10-20/h4-15,17H,16,18H2,1-3H3,(H,29,30)/b28-17-. The molecule has 1 amide bonds. The van der Waals surface area contributed by atoms with Crippen molar-refractivity contribution in [2.24, 2.45) is 5.10 Å². The van der Waals surface area contributed by atoms with Crippen molar-refractivity contribution in [3.8, 4) is 5.75 Å². The van der Waals surface area contributed by atoms with Crippen LogP contribution in [0.3, 0.4) is 0 Å². The maximum atomic E-state index is 12.2. The molecule has 160 valence electrons. The number of benzene rings is 3. The lowest BCUT2D eigenvalue weighted by molar-refractivity contribution is -0.120. The molecule has 0 bridgehead atoms. The molecule has 0 saturated heterocycles. The third-order valence-corrected chi connectivity index (χ3v) is 5.29. The van der Waals surface area contributed by atoms with Crippen molar-refractivity contribution in [2.45, 2.75) is 39.2 Å². The second kappa shape index (κ2) is 10.4. The third-order valence-electron chi connectivity index (χ3n) is 4.76. The number of hydrogen-bond donors (Lipinski definition) is 1. The van der Waals surface area contributed by atoms with E-state index in [1.807, 2.05) is 60.7 Å². The van der Waals surface area contributed by atoms with Gasteiger partial charge in [0.2, 0.25) is 5.91 Å². The van der Waals surface area contributed by atoms with Crippen LogP contribution in [-0.4, -0.2) is 12.1 Å². The molecular formula is C26H27BrN2O2. The normalized spacial score (nSPS) is 11.5. The highest BCUT2D eigenvalue weighted by Gasteiger charge is 2.13. The Kier molecular flexibility index (Phi) is 7.64. The summed E-state index contributed by atoms with van der Waals surface area (Å²) in [6.07, 6.45) is 1.91. The van der Waals surface area contributed by atoms with Crippen LogP contribution in [0.5, 0.6) is 5.75 Å². The van der Waals surface area contributed by atoms with E-state index in [9.17, 15) is 4.79 Å². The molecule has 31 heavy (non-hydrogen) atoms. The Morgan fingerprint density at radius 3 is 2.35 bits per heavy atom. The molecule has 0 aliphatic carbocycles. The van der Waals surface area contributed by atoms with Crippen molar-refractivity contribution in [1.29, 1.82) is 0 Å². The summed E-state index contributed by atoms with van der Waals surface area (Å²) in [5.41, 5.74) is 6.84. The van der Waals surface area contributed by atoms with Crippen molar-refractivity contribution in [3.63, 3.8) is 0 Å². The largest absolute Gasteiger partial charge is 0.489 e. The number of hydrogen-bond acceptors (Lipinski definition) is 3. The van der Waals surface area contributed by atoms with Crippen LogP contribution >= 0.6 is 15.9 Å². The molecule has 3 aromatic rings. The summed E-state index contributed by atoms with van der Waals surface area (Å²) in [6.45, 7) is 7.00. The van der Waals surface area contributed by atoms with Crippen LogP contribution in [0, 0.1) is 0 Å². The summed E-state index contributed by atoms with van der Waals surface area (Å²) < 4.78 is 6.89. The molecule has 5 heteroatoms. The van der Waals surface area contributed by atoms with Gasteiger partial charge in [-0.3, -0.25) is 4.79 Å². The minimum absolute atomic E-state index is 0.0988. The second-order valence-electron chi connectivity index (χ2n) is 8.40. The van der Waals surface area contributed by atoms with Crippen molar-refractivity contribution < 1.29 is 9.53 Å². The molecule has 0 fully saturated rings. The number of rotatable bonds is 7. The molecule has 0 atom stereocenters. The SMILES string of the molecule is CC(C)(C)c1ccc(CC(=O)N/N=C\c2cccc(OCc3ccc(Br)cc3)c2)cc1. The van der Waals surface area contributed by atoms with Gasteiger partial charge in [0, 0.05) is 4.47 Å². The first-order valence-electron chi connectivity index (χ1n) is 10.2. The van der Waals surface area contributed by atoms with Crippen LogP contribution < -0.4 is 10.2 Å². The van der Waals surface area contributed by atoms with Crippen LogP contribution in [0.25, 0.3) is 0 Å². The smallest absolute Gasteiger partial charge is 0.244 e. The third kappa shape index (κ3) is 7.37. The van der Waals surface area contributed by atoms with Gasteiger partial charge in [0.1, 0.15) is 12.4 Å². The van der Waals surface area contributed by atoms with Crippen LogP contribution in [-0.2, 0) is 23.2 Å². The molecule has 0 spiro atoms. The van der Waals surface area contributed by atoms with E-state index in [0.29, 0.717) is 6.61 Å². The number of nitrogens with zero attached hydrogens (tertiary/aromatic N) is 1. The van der Waals surface area contributed by atoms with Crippen molar-refractivity contribution in [1.82, 2.24) is 5.43 Å². The van der Waals surface area contributed by atoms with E-state index in [1.165, 1.54) is 5.56 Å². The van der Waals surface area contributed by atoms with Gasteiger partial charge >= 0.3 is 0 Å². The summed E-state index contributed by atoms with van der Waals surface area (Å²) in [4.78, 5) is 12.2. The predicted octanol–water partition coefficient (Wildman–Crippen LogP) is 6.02. The lowest BCUT2D eigenvalue weighted by atomic mass is 9.86. The number of carbonyl (C=O) groups excluding carboxylic acids is 1. The van der Waals surface area contributed by atoms with Crippen LogP contribution in [0.2, 0.25) is 0 Å². The minimum atomic E-state index is -0.151. The number of carbonyl (C=O) groups is 1. The van der Waals surface area contributed by atoms with Gasteiger partial charge in [-0.1, -0.05) is 85.2 Å². The Bertz CT molecular complexity index is 1040. The summed E-state index contributed by atoms with van der Waals surface area (Å²) in [5, 5.41) is 4.08. The molecule has 0 heterocycles. The van der Waals surface area contributed by atoms with Gasteiger partial charge in [-0.2, -0.15) is 5.10 Å². The van der Waals surface area contributed by atoms with Gasteiger partial charge in [0.15, 0.2) is 0 Å². The molecule has 4 nitrogen and oxygen atoms in total. The molecule has 0 radical (unpaired) electrons. The second-order valence-corrected chi connectivity index (χ2v) is 9.32. The van der Waals surface area contributed by atoms with Crippen LogP contribution in [0.1, 0.15) is 43.0 Å². The van der Waals surface area contributed by atoms with Crippen LogP contribution in [0.4, 0.5) is 0 Å². The number of hydrazone groups is 1. The van der Waals surface area contributed by atoms with Gasteiger partial charge in [0.25, 0.3) is 0 Å². The average Bonchev–Trinajstić information content (AvgIpc) is 2.73. The van der Waals surface area contributed by atoms with E-state index in [-0.39, 0.29) is 17.7 Å². The summed E-state index contributed by atoms with van der Waals surface area (Å²) in [6, 6.07) is 23.7. The fraction of sp³-hybridized carbons (Fsp3) is 0.231. The Balaban J connectivity index is 1.50. The quantitative estimate of drug-likeness (QED) is 0.333. The molecule has 0 aliphatic rings. The number of nitrogens with one attached hydrogen (secondary N) is 1. The molecule has 0 unspecified atom stereocenters. The van der Waals surface area contributed by atoms with Crippen LogP contribution in [0.15, 0.2) is 82.4 Å². The Labute approximate surface area is 192 Å². The van der Waals surface area contributed by atoms with E-state index in [4.69, 9.17) is 4.74 Å². The van der Waals surface area contributed by atoms with Crippen molar-refractivity contribution in [2.75, 3.05) is 0 Å². The highest BCUT2D eigenvalue weighted by Crippen LogP contribution is 2.22. The molecule has 1 N–H and O–H groups in total. The zero-order valence-electron chi connectivity index (χ0n) is 18.1. The maximum Gasteiger partial charge on any atom is 0.244 e. The zero-order valence-corrected chi connectivity index (χ0v) is 19.6. The number of ether oxygens (including phenoxy) is 1. The maximum absolute atomic E-state index is 12.2. The Morgan fingerprint density at radius 2 is 1.68 bits per heavy atom. The lowest BCUT2D eigenvalue weighted by Crippen LogP contribution is -2.20. The first kappa shape index (κ1) is 22.8. The monoisotopic (exact) mass is 478 g/mol. The summed E-state index contributed by atoms with van der Waals surface area (Å²) in [7, 11) is 0. The topological polar surface area (TPSA) is 50.7 Å². The first-order valence-corrected chi connectivity index (χ1v) is 11.0. The van der Waals surface area contributed by atoms with E-state index in [2.05, 4.69) is 59.4 Å². The zero-order chi connectivity index (χ0) is 22.3. The highest BCUT2D eigenvalue weighted by atomic mass is 79.9. The van der Waals surface area contributed by atoms with Gasteiger partial charge in [-0.25, -0.2) is 5.43 Å². The van der Waals surface area contributed by atoms with E-state index >= 15 is 0 Å². The molecule has 0 saturated carbocycles. The predicted molar refractivity (Wildman–Crippen MR) is 129 cm³/mol. The first-order chi connectivity index (χ1) is 14.8. The summed E-state index contributed by atoms with van der Waals surface area (Å²) in [5.74, 6) is 0.597. The van der Waals surface area contributed by atoms with Gasteiger partial charge in [-0.05, 0) is 51.9 Å². The highest BCUT2D eigenvalue weighted by molar-refractivity contribution is 9.10.